The van der Waals surface area contributed by atoms with Gasteiger partial charge in [-0.25, -0.2) is 9.78 Å². The van der Waals surface area contributed by atoms with Gasteiger partial charge in [-0.05, 0) is 73.1 Å². The number of pyridine rings is 1. The minimum Gasteiger partial charge on any atom is -0.507 e. The van der Waals surface area contributed by atoms with Crippen LogP contribution in [0.25, 0.3) is 21.7 Å². The molecule has 1 atom stereocenters. The molecule has 0 radical (unpaired) electrons. The summed E-state index contributed by atoms with van der Waals surface area (Å²) in [6.45, 7) is 13.3. The summed E-state index contributed by atoms with van der Waals surface area (Å²) >= 11 is 0. The van der Waals surface area contributed by atoms with E-state index in [9.17, 15) is 9.90 Å². The van der Waals surface area contributed by atoms with E-state index in [1.165, 1.54) is 11.8 Å². The molecule has 0 saturated carbocycles. The van der Waals surface area contributed by atoms with E-state index in [2.05, 4.69) is 42.8 Å². The molecule has 1 aliphatic heterocycles. The van der Waals surface area contributed by atoms with Gasteiger partial charge in [0.1, 0.15) is 28.9 Å². The number of hydrogen-bond acceptors (Lipinski definition) is 9. The standard InChI is InChI=1S/C41H46N2O7/c1-6-47-40(45)33-26-50-39-32-24-30(48-19-15-41(3,4)5)12-13-31(32)38(44)36(35(33)39)37(43-17-20-46-21-18-43)29-14-16-42-34(23-29)49-25-27(2)22-28-10-8-7-9-11-28/h7-14,16,23-26,37,44H,6,15,17-22H2,1-5H3/b27-25+. The number of phenols is 1. The largest absolute Gasteiger partial charge is 0.507 e. The summed E-state index contributed by atoms with van der Waals surface area (Å²) in [5.41, 5.74) is 4.45. The Morgan fingerprint density at radius 3 is 2.58 bits per heavy atom. The third kappa shape index (κ3) is 7.95. The molecule has 1 saturated heterocycles. The maximum absolute atomic E-state index is 13.4. The van der Waals surface area contributed by atoms with Crippen LogP contribution >= 0.6 is 0 Å². The summed E-state index contributed by atoms with van der Waals surface area (Å²) in [6, 6.07) is 19.1. The number of carbonyl (C=O) groups excluding carboxylic acids is 1. The number of aromatic nitrogens is 1. The predicted molar refractivity (Wildman–Crippen MR) is 194 cm³/mol. The SMILES string of the molecule is CCOC(=O)c1coc2c1c(C(c1ccnc(O/C=C(\C)Cc3ccccc3)c1)N1CCOCC1)c(O)c1ccc(OCCC(C)(C)C)cc12. The van der Waals surface area contributed by atoms with Crippen LogP contribution in [0.1, 0.15) is 74.1 Å². The van der Waals surface area contributed by atoms with Gasteiger partial charge in [0.05, 0.1) is 38.7 Å². The number of nitrogens with zero attached hydrogens (tertiary/aromatic N) is 2. The van der Waals surface area contributed by atoms with E-state index >= 15 is 0 Å². The highest BCUT2D eigenvalue weighted by atomic mass is 16.5. The summed E-state index contributed by atoms with van der Waals surface area (Å²) in [4.78, 5) is 20.2. The monoisotopic (exact) mass is 678 g/mol. The lowest BCUT2D eigenvalue weighted by Crippen LogP contribution is -2.39. The molecule has 1 unspecified atom stereocenters. The Balaban J connectivity index is 1.47. The number of phenolic OH excluding ortho intramolecular Hbond substituents is 1. The molecular formula is C41H46N2O7. The van der Waals surface area contributed by atoms with Crippen LogP contribution in [-0.2, 0) is 15.9 Å². The first-order valence-electron chi connectivity index (χ1n) is 17.3. The van der Waals surface area contributed by atoms with Gasteiger partial charge in [0.15, 0.2) is 0 Å². The van der Waals surface area contributed by atoms with E-state index in [1.807, 2.05) is 55.5 Å². The van der Waals surface area contributed by atoms with Gasteiger partial charge < -0.3 is 28.5 Å². The number of ether oxygens (including phenoxy) is 4. The Morgan fingerprint density at radius 1 is 1.06 bits per heavy atom. The maximum Gasteiger partial charge on any atom is 0.342 e. The zero-order valence-corrected chi connectivity index (χ0v) is 29.5. The van der Waals surface area contributed by atoms with Crippen molar-refractivity contribution in [2.45, 2.75) is 53.5 Å². The lowest BCUT2D eigenvalue weighted by Gasteiger charge is -2.36. The third-order valence-corrected chi connectivity index (χ3v) is 8.89. The van der Waals surface area contributed by atoms with Crippen molar-refractivity contribution in [2.24, 2.45) is 5.41 Å². The van der Waals surface area contributed by atoms with Gasteiger partial charge in [-0.1, -0.05) is 51.1 Å². The first kappa shape index (κ1) is 35.0. The Bertz CT molecular complexity index is 1970. The Labute approximate surface area is 293 Å². The minimum atomic E-state index is -0.526. The highest BCUT2D eigenvalue weighted by Crippen LogP contribution is 2.47. The molecule has 1 fully saturated rings. The molecule has 3 heterocycles. The quantitative estimate of drug-likeness (QED) is 0.103. The fourth-order valence-electron chi connectivity index (χ4n) is 6.37. The van der Waals surface area contributed by atoms with Crippen molar-refractivity contribution in [1.82, 2.24) is 9.88 Å². The van der Waals surface area contributed by atoms with Gasteiger partial charge in [0.2, 0.25) is 5.88 Å². The fraction of sp³-hybridized carbons (Fsp3) is 0.366. The lowest BCUT2D eigenvalue weighted by molar-refractivity contribution is 0.0238. The molecule has 0 aliphatic carbocycles. The molecule has 0 spiro atoms. The Morgan fingerprint density at radius 2 is 1.84 bits per heavy atom. The molecule has 9 heteroatoms. The van der Waals surface area contributed by atoms with Crippen LogP contribution in [0.4, 0.5) is 0 Å². The third-order valence-electron chi connectivity index (χ3n) is 8.89. The van der Waals surface area contributed by atoms with Crippen molar-refractivity contribution in [1.29, 1.82) is 0 Å². The zero-order chi connectivity index (χ0) is 35.3. The summed E-state index contributed by atoms with van der Waals surface area (Å²) in [5, 5.41) is 14.0. The number of carbonyl (C=O) groups is 1. The normalized spacial score (nSPS) is 14.9. The van der Waals surface area contributed by atoms with Crippen molar-refractivity contribution >= 4 is 27.7 Å². The van der Waals surface area contributed by atoms with Gasteiger partial charge in [0.25, 0.3) is 0 Å². The number of furan rings is 1. The van der Waals surface area contributed by atoms with E-state index in [0.717, 1.165) is 24.0 Å². The minimum absolute atomic E-state index is 0.0510. The average molecular weight is 679 g/mol. The van der Waals surface area contributed by atoms with E-state index in [4.69, 9.17) is 23.4 Å². The van der Waals surface area contributed by atoms with Crippen molar-refractivity contribution in [3.8, 4) is 17.4 Å². The molecule has 0 bridgehead atoms. The highest BCUT2D eigenvalue weighted by Gasteiger charge is 2.34. The first-order valence-corrected chi connectivity index (χ1v) is 17.3. The Kier molecular flexibility index (Phi) is 10.7. The summed E-state index contributed by atoms with van der Waals surface area (Å²) < 4.78 is 29.7. The number of benzene rings is 3. The molecule has 6 rings (SSSR count). The fourth-order valence-corrected chi connectivity index (χ4v) is 6.37. The Hall–Kier alpha value is -4.86. The molecule has 262 valence electrons. The number of rotatable bonds is 12. The number of allylic oxidation sites excluding steroid dienone is 1. The van der Waals surface area contributed by atoms with Crippen molar-refractivity contribution in [3.63, 3.8) is 0 Å². The van der Waals surface area contributed by atoms with Crippen LogP contribution in [0.2, 0.25) is 0 Å². The molecule has 5 aromatic rings. The zero-order valence-electron chi connectivity index (χ0n) is 29.5. The molecule has 50 heavy (non-hydrogen) atoms. The van der Waals surface area contributed by atoms with Crippen LogP contribution in [0, 0.1) is 5.41 Å². The smallest absolute Gasteiger partial charge is 0.342 e. The van der Waals surface area contributed by atoms with Crippen molar-refractivity contribution in [2.75, 3.05) is 39.5 Å². The van der Waals surface area contributed by atoms with Crippen LogP contribution < -0.4 is 9.47 Å². The predicted octanol–water partition coefficient (Wildman–Crippen LogP) is 8.63. The summed E-state index contributed by atoms with van der Waals surface area (Å²) in [7, 11) is 0. The maximum atomic E-state index is 13.4. The van der Waals surface area contributed by atoms with Crippen molar-refractivity contribution in [3.05, 3.63) is 107 Å². The molecule has 2 aromatic heterocycles. The van der Waals surface area contributed by atoms with E-state index in [-0.39, 0.29) is 23.3 Å². The van der Waals surface area contributed by atoms with E-state index in [1.54, 1.807) is 19.4 Å². The lowest BCUT2D eigenvalue weighted by atomic mass is 9.89. The van der Waals surface area contributed by atoms with Crippen LogP contribution in [0.5, 0.6) is 17.4 Å². The molecule has 3 aromatic carbocycles. The first-order chi connectivity index (χ1) is 24.1. The highest BCUT2D eigenvalue weighted by molar-refractivity contribution is 6.16. The second-order valence-electron chi connectivity index (χ2n) is 13.9. The van der Waals surface area contributed by atoms with E-state index in [0.29, 0.717) is 71.8 Å². The summed E-state index contributed by atoms with van der Waals surface area (Å²) in [5.74, 6) is 0.595. The van der Waals surface area contributed by atoms with Gasteiger partial charge in [-0.2, -0.15) is 0 Å². The van der Waals surface area contributed by atoms with Crippen LogP contribution in [0.3, 0.4) is 0 Å². The molecular weight excluding hydrogens is 632 g/mol. The number of fused-ring (bicyclic) bond motifs is 3. The number of aromatic hydroxyl groups is 1. The van der Waals surface area contributed by atoms with Gasteiger partial charge >= 0.3 is 5.97 Å². The van der Waals surface area contributed by atoms with Gasteiger partial charge in [-0.3, -0.25) is 4.90 Å². The van der Waals surface area contributed by atoms with Crippen molar-refractivity contribution < 1.29 is 33.3 Å². The molecule has 1 aliphatic rings. The average Bonchev–Trinajstić information content (AvgIpc) is 3.55. The van der Waals surface area contributed by atoms with E-state index < -0.39 is 12.0 Å². The summed E-state index contributed by atoms with van der Waals surface area (Å²) in [6.07, 6.45) is 6.48. The number of esters is 1. The van der Waals surface area contributed by atoms with Crippen LogP contribution in [0.15, 0.2) is 89.4 Å². The number of morpholine rings is 1. The molecule has 0 amide bonds. The van der Waals surface area contributed by atoms with Gasteiger partial charge in [-0.15, -0.1) is 0 Å². The second kappa shape index (κ2) is 15.4. The number of hydrogen-bond donors (Lipinski definition) is 1. The second-order valence-corrected chi connectivity index (χ2v) is 13.9. The van der Waals surface area contributed by atoms with Crippen LogP contribution in [-0.4, -0.2) is 60.5 Å². The molecule has 9 nitrogen and oxygen atoms in total. The van der Waals surface area contributed by atoms with Gasteiger partial charge in [0, 0.05) is 47.1 Å². The molecule has 1 N–H and O–H groups in total. The topological polar surface area (TPSA) is 103 Å².